The van der Waals surface area contributed by atoms with Crippen LogP contribution in [-0.4, -0.2) is 42.3 Å². The molecule has 3 rings (SSSR count). The lowest BCUT2D eigenvalue weighted by atomic mass is 10.2. The molecule has 0 radical (unpaired) electrons. The van der Waals surface area contributed by atoms with E-state index in [1.54, 1.807) is 6.92 Å². The normalized spacial score (nSPS) is 24.5. The van der Waals surface area contributed by atoms with Gasteiger partial charge in [-0.2, -0.15) is 0 Å². The van der Waals surface area contributed by atoms with E-state index in [1.165, 1.54) is 23.5 Å². The number of esters is 2. The molecule has 130 valence electrons. The molecule has 2 fully saturated rings. The second-order valence-corrected chi connectivity index (χ2v) is 8.47. The highest BCUT2D eigenvalue weighted by Gasteiger charge is 2.35. The summed E-state index contributed by atoms with van der Waals surface area (Å²) < 4.78 is 16.0. The number of hydrogen-bond acceptors (Lipinski definition) is 7. The molecule has 0 N–H and O–H groups in total. The fourth-order valence-corrected chi connectivity index (χ4v) is 5.45. The third kappa shape index (κ3) is 4.60. The minimum atomic E-state index is -0.807. The Balaban J connectivity index is 1.46. The molecule has 2 atom stereocenters. The molecule has 0 amide bonds. The first kappa shape index (κ1) is 17.5. The van der Waals surface area contributed by atoms with Gasteiger partial charge in [-0.3, -0.25) is 0 Å². The molecule has 2 aliphatic rings. The van der Waals surface area contributed by atoms with Crippen LogP contribution in [0.3, 0.4) is 0 Å². The quantitative estimate of drug-likeness (QED) is 0.740. The molecular weight excluding hydrogens is 348 g/mol. The lowest BCUT2D eigenvalue weighted by molar-refractivity contribution is -0.162. The zero-order chi connectivity index (χ0) is 16.9. The molecule has 2 aliphatic heterocycles. The van der Waals surface area contributed by atoms with Crippen molar-refractivity contribution >= 4 is 35.5 Å². The van der Waals surface area contributed by atoms with Crippen molar-refractivity contribution in [1.82, 2.24) is 0 Å². The Morgan fingerprint density at radius 2 is 1.96 bits per heavy atom. The molecule has 0 aromatic heterocycles. The number of hydrogen-bond donors (Lipinski definition) is 0. The van der Waals surface area contributed by atoms with E-state index in [4.69, 9.17) is 14.2 Å². The van der Waals surface area contributed by atoms with Crippen LogP contribution in [0.4, 0.5) is 0 Å². The van der Waals surface area contributed by atoms with Crippen LogP contribution in [0.1, 0.15) is 29.9 Å². The third-order valence-electron chi connectivity index (χ3n) is 3.74. The van der Waals surface area contributed by atoms with Gasteiger partial charge in [-0.15, -0.1) is 23.5 Å². The highest BCUT2D eigenvalue weighted by atomic mass is 32.2. The van der Waals surface area contributed by atoms with Crippen LogP contribution in [-0.2, 0) is 19.1 Å². The maximum Gasteiger partial charge on any atom is 0.347 e. The van der Waals surface area contributed by atoms with Crippen molar-refractivity contribution < 1.29 is 23.8 Å². The van der Waals surface area contributed by atoms with Crippen LogP contribution in [0.15, 0.2) is 24.3 Å². The fourth-order valence-electron chi connectivity index (χ4n) is 2.55. The fraction of sp³-hybridized carbons (Fsp3) is 0.529. The number of carbonyl (C=O) groups excluding carboxylic acids is 2. The summed E-state index contributed by atoms with van der Waals surface area (Å²) in [6, 6.07) is 7.80. The maximum absolute atomic E-state index is 11.8. The first-order valence-electron chi connectivity index (χ1n) is 7.98. The van der Waals surface area contributed by atoms with Crippen LogP contribution in [0.5, 0.6) is 5.75 Å². The summed E-state index contributed by atoms with van der Waals surface area (Å²) in [6.07, 6.45) is 0.649. The molecule has 0 spiro atoms. The van der Waals surface area contributed by atoms with Gasteiger partial charge in [-0.25, -0.2) is 9.59 Å². The summed E-state index contributed by atoms with van der Waals surface area (Å²) in [5.74, 6) is 1.97. The highest BCUT2D eigenvalue weighted by Crippen LogP contribution is 2.43. The number of ether oxygens (including phenoxy) is 3. The Morgan fingerprint density at radius 1 is 1.25 bits per heavy atom. The molecule has 0 saturated carbocycles. The number of thioether (sulfide) groups is 2. The van der Waals surface area contributed by atoms with Gasteiger partial charge in [-0.1, -0.05) is 12.1 Å². The molecule has 0 aliphatic carbocycles. The maximum atomic E-state index is 11.8. The van der Waals surface area contributed by atoms with E-state index >= 15 is 0 Å². The number of cyclic esters (lactones) is 1. The lowest BCUT2D eigenvalue weighted by Gasteiger charge is -2.21. The standard InChI is InChI=1S/C17H20O5S2/c1-11-9-14(16(19)21-11)22-15(18)10-20-13-5-3-12(4-6-13)17-23-7-2-8-24-17/h3-6,11,14,17H,2,7-10H2,1H3/t11-,14+/m0/s1. The van der Waals surface area contributed by atoms with Gasteiger partial charge in [0.15, 0.2) is 6.61 Å². The lowest BCUT2D eigenvalue weighted by Crippen LogP contribution is -2.26. The molecule has 2 heterocycles. The summed E-state index contributed by atoms with van der Waals surface area (Å²) in [6.45, 7) is 1.55. The Labute approximate surface area is 149 Å². The Morgan fingerprint density at radius 3 is 2.58 bits per heavy atom. The zero-order valence-electron chi connectivity index (χ0n) is 13.4. The topological polar surface area (TPSA) is 61.8 Å². The predicted molar refractivity (Wildman–Crippen MR) is 94.3 cm³/mol. The number of benzene rings is 1. The van der Waals surface area contributed by atoms with Gasteiger partial charge in [0.25, 0.3) is 0 Å². The van der Waals surface area contributed by atoms with Crippen molar-refractivity contribution in [3.8, 4) is 5.75 Å². The summed E-state index contributed by atoms with van der Waals surface area (Å²) in [5, 5.41) is 0. The summed E-state index contributed by atoms with van der Waals surface area (Å²) in [4.78, 5) is 23.2. The van der Waals surface area contributed by atoms with Crippen molar-refractivity contribution in [1.29, 1.82) is 0 Å². The second kappa shape index (κ2) is 8.16. The van der Waals surface area contributed by atoms with E-state index in [-0.39, 0.29) is 12.7 Å². The Kier molecular flexibility index (Phi) is 5.94. The Hall–Kier alpha value is -1.34. The van der Waals surface area contributed by atoms with E-state index < -0.39 is 18.0 Å². The Bertz CT molecular complexity index is 583. The van der Waals surface area contributed by atoms with Crippen molar-refractivity contribution in [2.75, 3.05) is 18.1 Å². The summed E-state index contributed by atoms with van der Waals surface area (Å²) in [5.41, 5.74) is 1.27. The van der Waals surface area contributed by atoms with E-state index in [1.807, 2.05) is 47.8 Å². The average molecular weight is 368 g/mol. The minimum absolute atomic E-state index is 0.209. The molecular formula is C17H20O5S2. The van der Waals surface area contributed by atoms with Crippen molar-refractivity contribution in [3.05, 3.63) is 29.8 Å². The van der Waals surface area contributed by atoms with Gasteiger partial charge in [0.2, 0.25) is 6.10 Å². The average Bonchev–Trinajstić information content (AvgIpc) is 2.91. The van der Waals surface area contributed by atoms with E-state index in [2.05, 4.69) is 0 Å². The molecule has 0 bridgehead atoms. The van der Waals surface area contributed by atoms with Crippen LogP contribution in [0, 0.1) is 0 Å². The van der Waals surface area contributed by atoms with Crippen molar-refractivity contribution in [2.24, 2.45) is 0 Å². The molecule has 24 heavy (non-hydrogen) atoms. The largest absolute Gasteiger partial charge is 0.482 e. The van der Waals surface area contributed by atoms with Crippen molar-refractivity contribution in [2.45, 2.75) is 36.6 Å². The smallest absolute Gasteiger partial charge is 0.347 e. The number of rotatable bonds is 5. The summed E-state index contributed by atoms with van der Waals surface area (Å²) in [7, 11) is 0. The van der Waals surface area contributed by atoms with Gasteiger partial charge in [0, 0.05) is 6.42 Å². The third-order valence-corrected chi connectivity index (χ3v) is 6.75. The molecule has 1 aromatic rings. The van der Waals surface area contributed by atoms with Gasteiger partial charge < -0.3 is 14.2 Å². The second-order valence-electron chi connectivity index (χ2n) is 5.75. The monoisotopic (exact) mass is 368 g/mol. The van der Waals surface area contributed by atoms with E-state index in [0.29, 0.717) is 16.8 Å². The highest BCUT2D eigenvalue weighted by molar-refractivity contribution is 8.16. The molecule has 0 unspecified atom stereocenters. The minimum Gasteiger partial charge on any atom is -0.482 e. The van der Waals surface area contributed by atoms with Gasteiger partial charge in [-0.05, 0) is 42.5 Å². The van der Waals surface area contributed by atoms with Gasteiger partial charge in [0.05, 0.1) is 4.58 Å². The first-order chi connectivity index (χ1) is 11.6. The predicted octanol–water partition coefficient (Wildman–Crippen LogP) is 3.18. The molecule has 5 nitrogen and oxygen atoms in total. The van der Waals surface area contributed by atoms with E-state index in [0.717, 1.165) is 0 Å². The van der Waals surface area contributed by atoms with E-state index in [9.17, 15) is 9.59 Å². The van der Waals surface area contributed by atoms with Crippen LogP contribution < -0.4 is 4.74 Å². The van der Waals surface area contributed by atoms with Crippen LogP contribution >= 0.6 is 23.5 Å². The molecule has 7 heteroatoms. The van der Waals surface area contributed by atoms with Crippen LogP contribution in [0.2, 0.25) is 0 Å². The number of carbonyl (C=O) groups is 2. The summed E-state index contributed by atoms with van der Waals surface area (Å²) >= 11 is 3.93. The van der Waals surface area contributed by atoms with Gasteiger partial charge in [0.1, 0.15) is 11.9 Å². The molecule has 2 saturated heterocycles. The SMILES string of the molecule is C[C@H]1C[C@@H](OC(=O)COc2ccc(C3SCCCS3)cc2)C(=O)O1. The molecule has 1 aromatic carbocycles. The van der Waals surface area contributed by atoms with Gasteiger partial charge >= 0.3 is 11.9 Å². The van der Waals surface area contributed by atoms with Crippen molar-refractivity contribution in [3.63, 3.8) is 0 Å². The first-order valence-corrected chi connectivity index (χ1v) is 10.1. The van der Waals surface area contributed by atoms with Crippen LogP contribution in [0.25, 0.3) is 0 Å². The zero-order valence-corrected chi connectivity index (χ0v) is 15.1.